The number of carbonyl (C=O) groups excluding carboxylic acids is 2. The first-order valence-corrected chi connectivity index (χ1v) is 5.44. The Morgan fingerprint density at radius 3 is 2.35 bits per heavy atom. The third-order valence-electron chi connectivity index (χ3n) is 2.59. The predicted octanol–water partition coefficient (Wildman–Crippen LogP) is -0.292. The maximum Gasteiger partial charge on any atom is 0.328 e. The Morgan fingerprint density at radius 1 is 1.29 bits per heavy atom. The van der Waals surface area contributed by atoms with Crippen LogP contribution in [0.2, 0.25) is 0 Å². The standard InChI is InChI=1S/C11H16N2O4/c1-3-12-4-5-13(11(17)10(12)16)7-8(2)6-9(14)15/h6H,3-5,7H2,1-2H3,(H,14,15). The largest absolute Gasteiger partial charge is 0.478 e. The second-order valence-electron chi connectivity index (χ2n) is 3.94. The molecule has 2 amide bonds. The maximum absolute atomic E-state index is 11.7. The number of likely N-dealkylation sites (N-methyl/N-ethyl adjacent to an activating group) is 1. The van der Waals surface area contributed by atoms with Crippen LogP contribution in [0.15, 0.2) is 11.6 Å². The van der Waals surface area contributed by atoms with Crippen LogP contribution in [0.25, 0.3) is 0 Å². The average Bonchev–Trinajstić information content (AvgIpc) is 2.24. The molecule has 0 atom stereocenters. The summed E-state index contributed by atoms with van der Waals surface area (Å²) in [5.74, 6) is -2.12. The molecule has 1 heterocycles. The summed E-state index contributed by atoms with van der Waals surface area (Å²) >= 11 is 0. The highest BCUT2D eigenvalue weighted by atomic mass is 16.4. The van der Waals surface area contributed by atoms with E-state index in [2.05, 4.69) is 0 Å². The molecule has 0 aromatic rings. The SMILES string of the molecule is CCN1CCN(CC(C)=CC(=O)O)C(=O)C1=O. The second-order valence-corrected chi connectivity index (χ2v) is 3.94. The molecule has 94 valence electrons. The van der Waals surface area contributed by atoms with Crippen LogP contribution in [0.4, 0.5) is 0 Å². The molecule has 6 heteroatoms. The van der Waals surface area contributed by atoms with Gasteiger partial charge in [0, 0.05) is 32.3 Å². The normalized spacial score (nSPS) is 17.6. The van der Waals surface area contributed by atoms with Crippen molar-refractivity contribution < 1.29 is 19.5 Å². The molecule has 0 bridgehead atoms. The molecule has 0 aliphatic carbocycles. The fraction of sp³-hybridized carbons (Fsp3) is 0.545. The molecule has 1 N–H and O–H groups in total. The van der Waals surface area contributed by atoms with Crippen LogP contribution in [0.5, 0.6) is 0 Å². The summed E-state index contributed by atoms with van der Waals surface area (Å²) in [7, 11) is 0. The van der Waals surface area contributed by atoms with Gasteiger partial charge < -0.3 is 14.9 Å². The highest BCUT2D eigenvalue weighted by Gasteiger charge is 2.31. The van der Waals surface area contributed by atoms with E-state index in [0.29, 0.717) is 25.2 Å². The molecular formula is C11H16N2O4. The number of piperazine rings is 1. The van der Waals surface area contributed by atoms with Crippen molar-refractivity contribution in [3.05, 3.63) is 11.6 Å². The Kier molecular flexibility index (Phi) is 4.25. The molecule has 0 spiro atoms. The Hall–Kier alpha value is -1.85. The highest BCUT2D eigenvalue weighted by molar-refractivity contribution is 6.35. The number of carboxylic acid groups (broad SMARTS) is 1. The second kappa shape index (κ2) is 5.47. The molecule has 6 nitrogen and oxygen atoms in total. The van der Waals surface area contributed by atoms with Crippen LogP contribution in [0.1, 0.15) is 13.8 Å². The smallest absolute Gasteiger partial charge is 0.328 e. The molecule has 1 fully saturated rings. The number of carbonyl (C=O) groups is 3. The van der Waals surface area contributed by atoms with Crippen LogP contribution in [0.3, 0.4) is 0 Å². The van der Waals surface area contributed by atoms with Crippen molar-refractivity contribution in [1.29, 1.82) is 0 Å². The van der Waals surface area contributed by atoms with E-state index in [4.69, 9.17) is 5.11 Å². The van der Waals surface area contributed by atoms with Crippen molar-refractivity contribution in [2.45, 2.75) is 13.8 Å². The topological polar surface area (TPSA) is 77.9 Å². The number of rotatable bonds is 4. The van der Waals surface area contributed by atoms with Gasteiger partial charge in [0.1, 0.15) is 0 Å². The minimum Gasteiger partial charge on any atom is -0.478 e. The van der Waals surface area contributed by atoms with Gasteiger partial charge in [0.15, 0.2) is 0 Å². The van der Waals surface area contributed by atoms with Crippen LogP contribution in [-0.4, -0.2) is 58.9 Å². The number of hydrogen-bond acceptors (Lipinski definition) is 3. The van der Waals surface area contributed by atoms with Gasteiger partial charge in [-0.25, -0.2) is 4.79 Å². The number of aliphatic carboxylic acids is 1. The summed E-state index contributed by atoms with van der Waals surface area (Å²) in [5.41, 5.74) is 0.545. The van der Waals surface area contributed by atoms with Crippen molar-refractivity contribution in [1.82, 2.24) is 9.80 Å². The Morgan fingerprint density at radius 2 is 1.82 bits per heavy atom. The minimum atomic E-state index is -1.05. The quantitative estimate of drug-likeness (QED) is 0.541. The Balaban J connectivity index is 2.66. The number of carboxylic acids is 1. The number of hydrogen-bond donors (Lipinski definition) is 1. The van der Waals surface area contributed by atoms with E-state index in [1.807, 2.05) is 6.92 Å². The van der Waals surface area contributed by atoms with Gasteiger partial charge in [0.25, 0.3) is 0 Å². The van der Waals surface area contributed by atoms with Gasteiger partial charge in [-0.1, -0.05) is 0 Å². The number of amides is 2. The van der Waals surface area contributed by atoms with Crippen molar-refractivity contribution in [3.8, 4) is 0 Å². The van der Waals surface area contributed by atoms with Gasteiger partial charge in [0.05, 0.1) is 0 Å². The lowest BCUT2D eigenvalue weighted by atomic mass is 10.2. The fourth-order valence-corrected chi connectivity index (χ4v) is 1.73. The third-order valence-corrected chi connectivity index (χ3v) is 2.59. The lowest BCUT2D eigenvalue weighted by Crippen LogP contribution is -2.54. The monoisotopic (exact) mass is 240 g/mol. The van der Waals surface area contributed by atoms with E-state index in [1.54, 1.807) is 6.92 Å². The van der Waals surface area contributed by atoms with Gasteiger partial charge in [-0.2, -0.15) is 0 Å². The minimum absolute atomic E-state index is 0.189. The van der Waals surface area contributed by atoms with Crippen molar-refractivity contribution in [3.63, 3.8) is 0 Å². The van der Waals surface area contributed by atoms with E-state index < -0.39 is 17.8 Å². The number of nitrogens with zero attached hydrogens (tertiary/aromatic N) is 2. The molecule has 17 heavy (non-hydrogen) atoms. The van der Waals surface area contributed by atoms with E-state index in [9.17, 15) is 14.4 Å². The Labute approximate surface area is 99.5 Å². The molecule has 1 aliphatic heterocycles. The first kappa shape index (κ1) is 13.2. The zero-order chi connectivity index (χ0) is 13.0. The lowest BCUT2D eigenvalue weighted by molar-refractivity contribution is -0.155. The van der Waals surface area contributed by atoms with E-state index in [0.717, 1.165) is 6.08 Å². The van der Waals surface area contributed by atoms with E-state index in [1.165, 1.54) is 9.80 Å². The molecule has 1 aliphatic rings. The average molecular weight is 240 g/mol. The first-order chi connectivity index (χ1) is 7.95. The van der Waals surface area contributed by atoms with Gasteiger partial charge in [-0.15, -0.1) is 0 Å². The summed E-state index contributed by atoms with van der Waals surface area (Å²) in [6, 6.07) is 0. The van der Waals surface area contributed by atoms with Crippen molar-refractivity contribution in [2.24, 2.45) is 0 Å². The van der Waals surface area contributed by atoms with E-state index in [-0.39, 0.29) is 6.54 Å². The Bertz CT molecular complexity index is 376. The maximum atomic E-state index is 11.7. The highest BCUT2D eigenvalue weighted by Crippen LogP contribution is 2.07. The van der Waals surface area contributed by atoms with Gasteiger partial charge >= 0.3 is 17.8 Å². The fourth-order valence-electron chi connectivity index (χ4n) is 1.73. The van der Waals surface area contributed by atoms with Gasteiger partial charge in [-0.3, -0.25) is 9.59 Å². The summed E-state index contributed by atoms with van der Waals surface area (Å²) in [6.45, 7) is 5.09. The molecule has 0 aromatic heterocycles. The van der Waals surface area contributed by atoms with Crippen LogP contribution < -0.4 is 0 Å². The molecule has 0 radical (unpaired) electrons. The zero-order valence-corrected chi connectivity index (χ0v) is 9.97. The first-order valence-electron chi connectivity index (χ1n) is 5.44. The zero-order valence-electron chi connectivity index (χ0n) is 9.97. The summed E-state index contributed by atoms with van der Waals surface area (Å²) in [6.07, 6.45) is 1.05. The van der Waals surface area contributed by atoms with Crippen LogP contribution in [0, 0.1) is 0 Å². The predicted molar refractivity (Wildman–Crippen MR) is 60.2 cm³/mol. The molecule has 0 saturated carbocycles. The molecule has 0 unspecified atom stereocenters. The van der Waals surface area contributed by atoms with Crippen LogP contribution in [-0.2, 0) is 14.4 Å². The third kappa shape index (κ3) is 3.30. The molecule has 0 aromatic carbocycles. The lowest BCUT2D eigenvalue weighted by Gasteiger charge is -2.33. The molecule has 1 saturated heterocycles. The van der Waals surface area contributed by atoms with Gasteiger partial charge in [-0.05, 0) is 19.4 Å². The molecular weight excluding hydrogens is 224 g/mol. The summed E-state index contributed by atoms with van der Waals surface area (Å²) in [4.78, 5) is 36.5. The van der Waals surface area contributed by atoms with Gasteiger partial charge in [0.2, 0.25) is 0 Å². The van der Waals surface area contributed by atoms with Crippen molar-refractivity contribution in [2.75, 3.05) is 26.2 Å². The van der Waals surface area contributed by atoms with Crippen molar-refractivity contribution >= 4 is 17.8 Å². The molecule has 1 rings (SSSR count). The summed E-state index contributed by atoms with van der Waals surface area (Å²) in [5, 5.41) is 8.56. The summed E-state index contributed by atoms with van der Waals surface area (Å²) < 4.78 is 0. The van der Waals surface area contributed by atoms with E-state index >= 15 is 0 Å². The van der Waals surface area contributed by atoms with Crippen LogP contribution >= 0.6 is 0 Å².